The number of halogens is 4. The van der Waals surface area contributed by atoms with Crippen molar-refractivity contribution in [3.05, 3.63) is 76.9 Å². The van der Waals surface area contributed by atoms with Crippen LogP contribution in [0.1, 0.15) is 17.5 Å². The monoisotopic (exact) mass is 368 g/mol. The van der Waals surface area contributed by atoms with E-state index in [0.29, 0.717) is 23.1 Å². The van der Waals surface area contributed by atoms with Crippen LogP contribution in [0.15, 0.2) is 47.4 Å². The van der Waals surface area contributed by atoms with Gasteiger partial charge in [0.15, 0.2) is 21.5 Å². The number of hydrogen-bond acceptors (Lipinski definition) is 2. The third-order valence-corrected chi connectivity index (χ3v) is 5.01. The summed E-state index contributed by atoms with van der Waals surface area (Å²) >= 11 is 0. The molecule has 0 aromatic heterocycles. The fraction of sp³-hybridized carbons (Fsp3) is 0.111. The van der Waals surface area contributed by atoms with Crippen molar-refractivity contribution < 1.29 is 26.0 Å². The van der Waals surface area contributed by atoms with Crippen LogP contribution >= 0.6 is 0 Å². The molecule has 0 amide bonds. The van der Waals surface area contributed by atoms with E-state index in [9.17, 15) is 26.0 Å². The van der Waals surface area contributed by atoms with Gasteiger partial charge in [-0.2, -0.15) is 0 Å². The first-order valence-electron chi connectivity index (χ1n) is 7.23. The fourth-order valence-corrected chi connectivity index (χ4v) is 3.63. The molecule has 2 aromatic carbocycles. The van der Waals surface area contributed by atoms with Crippen LogP contribution in [0.2, 0.25) is 0 Å². The van der Waals surface area contributed by atoms with Crippen LogP contribution in [0, 0.1) is 23.3 Å². The molecule has 0 spiro atoms. The van der Waals surface area contributed by atoms with E-state index in [4.69, 9.17) is 0 Å². The summed E-state index contributed by atoms with van der Waals surface area (Å²) in [7, 11) is -4.05. The molecule has 0 saturated heterocycles. The summed E-state index contributed by atoms with van der Waals surface area (Å²) in [6.45, 7) is 0. The number of sulfone groups is 1. The fourth-order valence-electron chi connectivity index (χ4n) is 2.80. The summed E-state index contributed by atoms with van der Waals surface area (Å²) < 4.78 is 77.8. The first-order chi connectivity index (χ1) is 11.7. The maximum atomic E-state index is 14.1. The minimum atomic E-state index is -4.05. The number of hydrogen-bond donors (Lipinski definition) is 0. The Hall–Kier alpha value is -2.41. The summed E-state index contributed by atoms with van der Waals surface area (Å²) in [5.74, 6) is -4.42. The molecular weight excluding hydrogens is 356 g/mol. The van der Waals surface area contributed by atoms with Crippen molar-refractivity contribution in [2.24, 2.45) is 0 Å². The molecule has 2 aromatic rings. The Balaban J connectivity index is 2.16. The van der Waals surface area contributed by atoms with E-state index >= 15 is 0 Å². The second-order valence-electron chi connectivity index (χ2n) is 5.67. The highest BCUT2D eigenvalue weighted by Gasteiger charge is 2.23. The molecule has 1 aliphatic rings. The average Bonchev–Trinajstić information content (AvgIpc) is 2.97. The molecule has 2 nitrogen and oxygen atoms in total. The predicted molar refractivity (Wildman–Crippen MR) is 86.4 cm³/mol. The topological polar surface area (TPSA) is 34.1 Å². The van der Waals surface area contributed by atoms with Crippen LogP contribution in [0.3, 0.4) is 0 Å². The van der Waals surface area contributed by atoms with Gasteiger partial charge in [-0.1, -0.05) is 18.2 Å². The molecule has 0 N–H and O–H groups in total. The lowest BCUT2D eigenvalue weighted by Gasteiger charge is -2.11. The summed E-state index contributed by atoms with van der Waals surface area (Å²) in [5.41, 5.74) is 1.48. The van der Waals surface area contributed by atoms with Crippen molar-refractivity contribution in [1.82, 2.24) is 0 Å². The van der Waals surface area contributed by atoms with Gasteiger partial charge in [0.1, 0.15) is 16.5 Å². The van der Waals surface area contributed by atoms with Crippen LogP contribution in [-0.4, -0.2) is 14.7 Å². The van der Waals surface area contributed by atoms with Gasteiger partial charge in [0.2, 0.25) is 0 Å². The van der Waals surface area contributed by atoms with Gasteiger partial charge < -0.3 is 0 Å². The van der Waals surface area contributed by atoms with Crippen molar-refractivity contribution in [2.45, 2.75) is 11.3 Å². The number of allylic oxidation sites excluding steroid dienone is 4. The number of rotatable bonds is 3. The standard InChI is InChI=1S/C18H12F4O2S/c1-25(23,24)18-16(21)8-11(9-17(18)22)13-4-2-3-12(13)10-5-6-14(19)15(20)7-10/h2-3,5-9H,4H2,1H3. The van der Waals surface area contributed by atoms with Gasteiger partial charge in [-0.3, -0.25) is 0 Å². The molecule has 0 atom stereocenters. The lowest BCUT2D eigenvalue weighted by Crippen LogP contribution is -2.05. The van der Waals surface area contributed by atoms with E-state index in [1.807, 2.05) is 0 Å². The number of benzene rings is 2. The minimum Gasteiger partial charge on any atom is -0.224 e. The van der Waals surface area contributed by atoms with Gasteiger partial charge in [-0.05, 0) is 53.0 Å². The molecular formula is C18H12F4O2S. The molecule has 0 radical (unpaired) electrons. The SMILES string of the molecule is CS(=O)(=O)c1c(F)cc(C2=C(c3ccc(F)c(F)c3)C=CC2)cc1F. The molecule has 130 valence electrons. The average molecular weight is 368 g/mol. The Morgan fingerprint density at radius 3 is 2.00 bits per heavy atom. The van der Waals surface area contributed by atoms with Gasteiger partial charge in [-0.25, -0.2) is 26.0 Å². The summed E-state index contributed by atoms with van der Waals surface area (Å²) in [6.07, 6.45) is 4.40. The Morgan fingerprint density at radius 2 is 1.44 bits per heavy atom. The van der Waals surface area contributed by atoms with Gasteiger partial charge >= 0.3 is 0 Å². The summed E-state index contributed by atoms with van der Waals surface area (Å²) in [4.78, 5) is -0.989. The van der Waals surface area contributed by atoms with Crippen molar-refractivity contribution >= 4 is 21.0 Å². The molecule has 7 heteroatoms. The molecule has 0 heterocycles. The molecule has 3 rings (SSSR count). The molecule has 0 saturated carbocycles. The smallest absolute Gasteiger partial charge is 0.181 e. The Kier molecular flexibility index (Phi) is 4.28. The van der Waals surface area contributed by atoms with Crippen molar-refractivity contribution in [3.8, 4) is 0 Å². The third kappa shape index (κ3) is 3.24. The van der Waals surface area contributed by atoms with Gasteiger partial charge in [0.25, 0.3) is 0 Å². The highest BCUT2D eigenvalue weighted by Crippen LogP contribution is 2.37. The van der Waals surface area contributed by atoms with E-state index in [0.717, 1.165) is 30.5 Å². The largest absolute Gasteiger partial charge is 0.224 e. The Bertz CT molecular complexity index is 1010. The molecule has 0 bridgehead atoms. The van der Waals surface area contributed by atoms with Crippen LogP contribution in [0.4, 0.5) is 17.6 Å². The lowest BCUT2D eigenvalue weighted by molar-refractivity contribution is 0.508. The van der Waals surface area contributed by atoms with Crippen molar-refractivity contribution in [3.63, 3.8) is 0 Å². The van der Waals surface area contributed by atoms with Gasteiger partial charge in [-0.15, -0.1) is 0 Å². The normalized spacial score (nSPS) is 14.4. The zero-order valence-electron chi connectivity index (χ0n) is 13.0. The highest BCUT2D eigenvalue weighted by molar-refractivity contribution is 7.90. The zero-order chi connectivity index (χ0) is 18.4. The maximum Gasteiger partial charge on any atom is 0.181 e. The van der Waals surface area contributed by atoms with E-state index in [2.05, 4.69) is 0 Å². The summed E-state index contributed by atoms with van der Waals surface area (Å²) in [5, 5.41) is 0. The first kappa shape index (κ1) is 17.4. The summed E-state index contributed by atoms with van der Waals surface area (Å²) in [6, 6.07) is 5.19. The molecule has 0 aliphatic heterocycles. The molecule has 25 heavy (non-hydrogen) atoms. The van der Waals surface area contributed by atoms with Crippen molar-refractivity contribution in [1.29, 1.82) is 0 Å². The quantitative estimate of drug-likeness (QED) is 0.747. The molecule has 1 aliphatic carbocycles. The molecule has 0 fully saturated rings. The van der Waals surface area contributed by atoms with Crippen LogP contribution in [0.5, 0.6) is 0 Å². The van der Waals surface area contributed by atoms with E-state index in [1.165, 1.54) is 6.07 Å². The van der Waals surface area contributed by atoms with E-state index in [-0.39, 0.29) is 5.56 Å². The Morgan fingerprint density at radius 1 is 0.840 bits per heavy atom. The predicted octanol–water partition coefficient (Wildman–Crippen LogP) is 4.52. The minimum absolute atomic E-state index is 0.145. The van der Waals surface area contributed by atoms with Crippen LogP contribution in [0.25, 0.3) is 11.1 Å². The first-order valence-corrected chi connectivity index (χ1v) is 9.12. The highest BCUT2D eigenvalue weighted by atomic mass is 32.2. The third-order valence-electron chi connectivity index (χ3n) is 3.88. The van der Waals surface area contributed by atoms with E-state index < -0.39 is 38.0 Å². The van der Waals surface area contributed by atoms with E-state index in [1.54, 1.807) is 12.2 Å². The van der Waals surface area contributed by atoms with Crippen molar-refractivity contribution in [2.75, 3.05) is 6.26 Å². The Labute approximate surface area is 142 Å². The van der Waals surface area contributed by atoms with Crippen LogP contribution < -0.4 is 0 Å². The second kappa shape index (κ2) is 6.15. The second-order valence-corrected chi connectivity index (χ2v) is 7.62. The van der Waals surface area contributed by atoms with Crippen LogP contribution in [-0.2, 0) is 9.84 Å². The van der Waals surface area contributed by atoms with Gasteiger partial charge in [0, 0.05) is 6.26 Å². The maximum absolute atomic E-state index is 14.1. The van der Waals surface area contributed by atoms with Gasteiger partial charge in [0.05, 0.1) is 0 Å². The lowest BCUT2D eigenvalue weighted by atomic mass is 9.96. The zero-order valence-corrected chi connectivity index (χ0v) is 13.8. The molecule has 0 unspecified atom stereocenters.